The van der Waals surface area contributed by atoms with Crippen LogP contribution in [0.25, 0.3) is 0 Å². The molecule has 1 aromatic heterocycles. The molecular weight excluding hydrogens is 358 g/mol. The number of ether oxygens (including phenoxy) is 2. The Hall–Kier alpha value is -2.26. The molecule has 0 bridgehead atoms. The predicted octanol–water partition coefficient (Wildman–Crippen LogP) is 1.60. The van der Waals surface area contributed by atoms with Gasteiger partial charge in [0.2, 0.25) is 5.03 Å². The molecule has 24 heavy (non-hydrogen) atoms. The van der Waals surface area contributed by atoms with Crippen molar-refractivity contribution in [1.82, 2.24) is 14.3 Å². The average Bonchev–Trinajstić information content (AvgIpc) is 2.87. The van der Waals surface area contributed by atoms with Crippen molar-refractivity contribution in [3.05, 3.63) is 35.2 Å². The highest BCUT2D eigenvalue weighted by Crippen LogP contribution is 2.28. The maximum absolute atomic E-state index is 12.2. The number of nitrogens with one attached hydrogen (secondary N) is 1. The number of carbonyl (C=O) groups is 1. The topological polar surface area (TPSA) is 99.5 Å². The molecule has 1 aromatic carbocycles. The Morgan fingerprint density at radius 1 is 1.38 bits per heavy atom. The molecule has 0 aliphatic carbocycles. The number of amides is 1. The van der Waals surface area contributed by atoms with Crippen LogP contribution in [0.2, 0.25) is 5.15 Å². The molecule has 0 aliphatic rings. The fourth-order valence-corrected chi connectivity index (χ4v) is 3.29. The fourth-order valence-electron chi connectivity index (χ4n) is 1.89. The van der Waals surface area contributed by atoms with E-state index in [0.29, 0.717) is 18.1 Å². The van der Waals surface area contributed by atoms with Crippen LogP contribution in [0.3, 0.4) is 0 Å². The van der Waals surface area contributed by atoms with Crippen LogP contribution < -0.4 is 14.2 Å². The zero-order valence-corrected chi connectivity index (χ0v) is 14.8. The van der Waals surface area contributed by atoms with Gasteiger partial charge >= 0.3 is 0 Å². The molecule has 8 nitrogen and oxygen atoms in total. The van der Waals surface area contributed by atoms with Crippen LogP contribution >= 0.6 is 11.6 Å². The highest BCUT2D eigenvalue weighted by molar-refractivity contribution is 7.90. The Balaban J connectivity index is 2.28. The van der Waals surface area contributed by atoms with E-state index in [1.807, 2.05) is 11.6 Å². The maximum atomic E-state index is 12.2. The highest BCUT2D eigenvalue weighted by Gasteiger charge is 2.25. The van der Waals surface area contributed by atoms with Crippen LogP contribution in [0.15, 0.2) is 29.6 Å². The molecule has 0 saturated heterocycles. The van der Waals surface area contributed by atoms with Crippen molar-refractivity contribution in [2.45, 2.75) is 11.9 Å². The lowest BCUT2D eigenvalue weighted by Gasteiger charge is -2.11. The minimum atomic E-state index is -4.19. The van der Waals surface area contributed by atoms with Gasteiger partial charge < -0.3 is 14.0 Å². The summed E-state index contributed by atoms with van der Waals surface area (Å²) in [6.45, 7) is 2.23. The zero-order chi connectivity index (χ0) is 17.9. The number of halogens is 1. The van der Waals surface area contributed by atoms with Gasteiger partial charge in [-0.25, -0.2) is 9.71 Å². The van der Waals surface area contributed by atoms with Crippen molar-refractivity contribution < 1.29 is 22.7 Å². The van der Waals surface area contributed by atoms with Gasteiger partial charge in [-0.15, -0.1) is 0 Å². The second kappa shape index (κ2) is 7.10. The van der Waals surface area contributed by atoms with Gasteiger partial charge in [-0.3, -0.25) is 4.79 Å². The van der Waals surface area contributed by atoms with E-state index in [4.69, 9.17) is 21.1 Å². The second-order valence-corrected chi connectivity index (χ2v) is 6.64. The van der Waals surface area contributed by atoms with Crippen LogP contribution in [-0.2, 0) is 17.1 Å². The number of aromatic nitrogens is 2. The van der Waals surface area contributed by atoms with Crippen molar-refractivity contribution in [2.24, 2.45) is 7.05 Å². The molecule has 0 spiro atoms. The molecule has 2 rings (SSSR count). The summed E-state index contributed by atoms with van der Waals surface area (Å²) in [6.07, 6.45) is 1.24. The van der Waals surface area contributed by atoms with Gasteiger partial charge in [0.05, 0.1) is 20.0 Å². The van der Waals surface area contributed by atoms with Crippen molar-refractivity contribution in [1.29, 1.82) is 0 Å². The lowest BCUT2D eigenvalue weighted by atomic mass is 10.2. The summed E-state index contributed by atoms with van der Waals surface area (Å²) < 4.78 is 38.2. The van der Waals surface area contributed by atoms with E-state index in [-0.39, 0.29) is 10.7 Å². The number of nitrogens with zero attached hydrogens (tertiary/aromatic N) is 2. The van der Waals surface area contributed by atoms with Crippen LogP contribution in [0.4, 0.5) is 0 Å². The number of sulfonamides is 1. The highest BCUT2D eigenvalue weighted by atomic mass is 35.5. The molecule has 0 fully saturated rings. The third-order valence-corrected chi connectivity index (χ3v) is 4.86. The van der Waals surface area contributed by atoms with E-state index < -0.39 is 21.0 Å². The number of benzene rings is 1. The van der Waals surface area contributed by atoms with Gasteiger partial charge in [0.1, 0.15) is 5.15 Å². The van der Waals surface area contributed by atoms with Crippen LogP contribution in [-0.4, -0.2) is 37.6 Å². The minimum Gasteiger partial charge on any atom is -0.493 e. The van der Waals surface area contributed by atoms with Gasteiger partial charge in [-0.1, -0.05) is 11.6 Å². The quantitative estimate of drug-likeness (QED) is 0.825. The third-order valence-electron chi connectivity index (χ3n) is 3.04. The average molecular weight is 374 g/mol. The van der Waals surface area contributed by atoms with E-state index >= 15 is 0 Å². The molecule has 2 aromatic rings. The molecule has 1 N–H and O–H groups in total. The summed E-state index contributed by atoms with van der Waals surface area (Å²) in [7, 11) is -1.24. The van der Waals surface area contributed by atoms with Gasteiger partial charge in [-0.05, 0) is 25.1 Å². The first kappa shape index (κ1) is 18.1. The molecule has 1 amide bonds. The lowest BCUT2D eigenvalue weighted by molar-refractivity contribution is 0.0981. The number of aryl methyl sites for hydroxylation is 1. The molecule has 10 heteroatoms. The molecule has 0 aliphatic heterocycles. The van der Waals surface area contributed by atoms with Crippen molar-refractivity contribution in [3.8, 4) is 11.5 Å². The first-order valence-corrected chi connectivity index (χ1v) is 8.71. The summed E-state index contributed by atoms with van der Waals surface area (Å²) in [5.41, 5.74) is 0.0888. The molecular formula is C14H16ClN3O5S. The summed E-state index contributed by atoms with van der Waals surface area (Å²) in [4.78, 5) is 15.9. The number of rotatable bonds is 6. The fraction of sp³-hybridized carbons (Fsp3) is 0.286. The molecule has 1 heterocycles. The molecule has 130 valence electrons. The smallest absolute Gasteiger partial charge is 0.284 e. The molecule has 0 saturated carbocycles. The zero-order valence-electron chi connectivity index (χ0n) is 13.2. The number of hydrogen-bond donors (Lipinski definition) is 1. The van der Waals surface area contributed by atoms with Gasteiger partial charge in [0.25, 0.3) is 15.9 Å². The van der Waals surface area contributed by atoms with E-state index in [9.17, 15) is 13.2 Å². The van der Waals surface area contributed by atoms with E-state index in [2.05, 4.69) is 4.98 Å². The Morgan fingerprint density at radius 3 is 2.62 bits per heavy atom. The SMILES string of the molecule is CCOc1ccc(C(=O)NS(=O)(=O)c2ncn(C)c2Cl)cc1OC. The van der Waals surface area contributed by atoms with E-state index in [1.54, 1.807) is 0 Å². The predicted molar refractivity (Wildman–Crippen MR) is 87.0 cm³/mol. The van der Waals surface area contributed by atoms with Gasteiger partial charge in [0.15, 0.2) is 11.5 Å². The molecule has 0 unspecified atom stereocenters. The summed E-state index contributed by atoms with van der Waals surface area (Å²) in [6, 6.07) is 4.34. The Morgan fingerprint density at radius 2 is 2.08 bits per heavy atom. The molecule has 0 atom stereocenters. The van der Waals surface area contributed by atoms with Crippen LogP contribution in [0.5, 0.6) is 11.5 Å². The van der Waals surface area contributed by atoms with E-state index in [1.165, 1.54) is 43.3 Å². The Labute approximate surface area is 144 Å². The van der Waals surface area contributed by atoms with Gasteiger partial charge in [0, 0.05) is 12.6 Å². The van der Waals surface area contributed by atoms with Gasteiger partial charge in [-0.2, -0.15) is 8.42 Å². The first-order valence-electron chi connectivity index (χ1n) is 6.85. The number of hydrogen-bond acceptors (Lipinski definition) is 6. The number of imidazole rings is 1. The Bertz CT molecular complexity index is 863. The van der Waals surface area contributed by atoms with Crippen LogP contribution in [0.1, 0.15) is 17.3 Å². The minimum absolute atomic E-state index is 0.0888. The number of methoxy groups -OCH3 is 1. The van der Waals surface area contributed by atoms with Crippen molar-refractivity contribution in [2.75, 3.05) is 13.7 Å². The summed E-state index contributed by atoms with van der Waals surface area (Å²) in [5, 5.41) is -0.516. The monoisotopic (exact) mass is 373 g/mol. The standard InChI is InChI=1S/C14H16ClN3O5S/c1-4-23-10-6-5-9(7-11(10)22-3)13(19)17-24(20,21)14-12(15)18(2)8-16-14/h5-8H,4H2,1-3H3,(H,17,19). The summed E-state index contributed by atoms with van der Waals surface area (Å²) in [5.74, 6) is -0.0667. The van der Waals surface area contributed by atoms with E-state index in [0.717, 1.165) is 0 Å². The van der Waals surface area contributed by atoms with Crippen molar-refractivity contribution >= 4 is 27.5 Å². The number of carbonyl (C=O) groups excluding carboxylic acids is 1. The van der Waals surface area contributed by atoms with Crippen LogP contribution in [0, 0.1) is 0 Å². The molecule has 0 radical (unpaired) electrons. The first-order chi connectivity index (χ1) is 11.3. The largest absolute Gasteiger partial charge is 0.493 e. The third kappa shape index (κ3) is 3.62. The lowest BCUT2D eigenvalue weighted by Crippen LogP contribution is -2.31. The maximum Gasteiger partial charge on any atom is 0.284 e. The normalized spacial score (nSPS) is 11.2. The Kier molecular flexibility index (Phi) is 5.35. The second-order valence-electron chi connectivity index (χ2n) is 4.68. The summed E-state index contributed by atoms with van der Waals surface area (Å²) >= 11 is 5.86. The van der Waals surface area contributed by atoms with Crippen molar-refractivity contribution in [3.63, 3.8) is 0 Å².